The highest BCUT2D eigenvalue weighted by Gasteiger charge is 2.22. The summed E-state index contributed by atoms with van der Waals surface area (Å²) in [4.78, 5) is 0. The maximum Gasteiger partial charge on any atom is 0.132 e. The second kappa shape index (κ2) is 20.4. The molecule has 0 aliphatic rings. The number of hydrogen-bond acceptors (Lipinski definition) is 0. The Morgan fingerprint density at radius 3 is 0.574 bits per heavy atom. The SMILES string of the molecule is c1ccc(P(Cc2ccc([SiH](c3ccc(CP(c4ccccc4)c4ccccc4)cc3)c3ccc(CP(c4ccccc4)c4ccccc4)cc3)cc2)c2ccccc2)cc1. The van der Waals surface area contributed by atoms with Crippen LogP contribution in [0.15, 0.2) is 255 Å². The van der Waals surface area contributed by atoms with Gasteiger partial charge < -0.3 is 0 Å². The molecule has 0 saturated heterocycles. The second-order valence-corrected chi connectivity index (χ2v) is 24.9. The topological polar surface area (TPSA) is 0 Å². The molecule has 0 atom stereocenters. The van der Waals surface area contributed by atoms with Gasteiger partial charge in [-0.05, 0) is 72.3 Å². The Morgan fingerprint density at radius 1 is 0.213 bits per heavy atom. The van der Waals surface area contributed by atoms with Crippen molar-refractivity contribution >= 4 is 79.9 Å². The van der Waals surface area contributed by atoms with Gasteiger partial charge in [0.05, 0.1) is 0 Å². The van der Waals surface area contributed by atoms with Crippen molar-refractivity contribution in [3.05, 3.63) is 271 Å². The van der Waals surface area contributed by atoms with E-state index in [4.69, 9.17) is 0 Å². The zero-order valence-corrected chi connectivity index (χ0v) is 38.1. The molecule has 9 aromatic rings. The monoisotopic (exact) mass is 854 g/mol. The van der Waals surface area contributed by atoms with Crippen LogP contribution in [-0.2, 0) is 18.5 Å². The summed E-state index contributed by atoms with van der Waals surface area (Å²) in [5.74, 6) is 0. The highest BCUT2D eigenvalue weighted by atomic mass is 31.1. The minimum absolute atomic E-state index is 0.516. The van der Waals surface area contributed by atoms with Gasteiger partial charge in [0.1, 0.15) is 8.80 Å². The van der Waals surface area contributed by atoms with E-state index < -0.39 is 32.6 Å². The molecule has 4 heteroatoms. The number of benzene rings is 9. The van der Waals surface area contributed by atoms with Crippen LogP contribution in [0, 0.1) is 0 Å². The average Bonchev–Trinajstić information content (AvgIpc) is 3.35. The second-order valence-electron chi connectivity index (χ2n) is 15.4. The van der Waals surface area contributed by atoms with Crippen LogP contribution in [0.2, 0.25) is 0 Å². The fraction of sp³-hybridized carbons (Fsp3) is 0.0526. The first kappa shape index (κ1) is 40.9. The largest absolute Gasteiger partial charge is 0.132 e. The number of rotatable bonds is 15. The number of hydrogen-bond donors (Lipinski definition) is 0. The molecule has 0 aromatic heterocycles. The van der Waals surface area contributed by atoms with E-state index in [1.807, 2.05) is 0 Å². The third-order valence-corrected chi connectivity index (χ3v) is 22.1. The van der Waals surface area contributed by atoms with Crippen molar-refractivity contribution in [2.45, 2.75) is 18.5 Å². The van der Waals surface area contributed by atoms with Gasteiger partial charge in [-0.3, -0.25) is 0 Å². The van der Waals surface area contributed by atoms with Gasteiger partial charge in [-0.2, -0.15) is 0 Å². The zero-order valence-electron chi connectivity index (χ0n) is 34.3. The van der Waals surface area contributed by atoms with Gasteiger partial charge in [-0.1, -0.05) is 270 Å². The molecule has 9 aromatic carbocycles. The fourth-order valence-electron chi connectivity index (χ4n) is 8.21. The normalized spacial score (nSPS) is 11.4. The van der Waals surface area contributed by atoms with Crippen molar-refractivity contribution in [1.29, 1.82) is 0 Å². The molecular weight excluding hydrogens is 806 g/mol. The Bertz CT molecular complexity index is 2250. The summed E-state index contributed by atoms with van der Waals surface area (Å²) in [7, 11) is -3.37. The Morgan fingerprint density at radius 2 is 0.393 bits per heavy atom. The Kier molecular flexibility index (Phi) is 13.6. The minimum Gasteiger partial charge on any atom is -0.0622 e. The van der Waals surface area contributed by atoms with Gasteiger partial charge in [0.2, 0.25) is 0 Å². The van der Waals surface area contributed by atoms with Crippen molar-refractivity contribution in [2.75, 3.05) is 0 Å². The summed E-state index contributed by atoms with van der Waals surface area (Å²) in [5, 5.41) is 12.9. The van der Waals surface area contributed by atoms with Crippen LogP contribution in [0.1, 0.15) is 16.7 Å². The Balaban J connectivity index is 1.03. The predicted molar refractivity (Wildman–Crippen MR) is 274 cm³/mol. The van der Waals surface area contributed by atoms with Gasteiger partial charge in [0, 0.05) is 18.5 Å². The van der Waals surface area contributed by atoms with Crippen LogP contribution in [-0.4, -0.2) is 8.80 Å². The third-order valence-electron chi connectivity index (χ3n) is 11.4. The lowest BCUT2D eigenvalue weighted by Crippen LogP contribution is -2.52. The van der Waals surface area contributed by atoms with E-state index >= 15 is 0 Å². The summed E-state index contributed by atoms with van der Waals surface area (Å²) in [6.07, 6.45) is 3.07. The lowest BCUT2D eigenvalue weighted by Gasteiger charge is -2.22. The van der Waals surface area contributed by atoms with Crippen LogP contribution in [0.3, 0.4) is 0 Å². The van der Waals surface area contributed by atoms with Crippen LogP contribution < -0.4 is 47.4 Å². The molecule has 0 N–H and O–H groups in total. The zero-order chi connectivity index (χ0) is 41.1. The fourth-order valence-corrected chi connectivity index (χ4v) is 18.0. The molecule has 0 saturated carbocycles. The molecule has 0 spiro atoms. The molecule has 0 unspecified atom stereocenters. The van der Waals surface area contributed by atoms with Crippen LogP contribution in [0.4, 0.5) is 0 Å². The Hall–Kier alpha value is -5.51. The maximum atomic E-state index is 2.45. The standard InChI is InChI=1S/C57H49P3Si/c1-7-19-49(20-8-1)58(50-21-9-2-10-22-50)43-46-31-37-55(38-32-46)61(56-39-33-47(34-40-56)44-59(51-23-11-3-12-24-51)52-25-13-4-14-26-52)57-41-35-48(36-42-57)45-60(53-27-15-5-16-28-53)54-29-17-6-18-30-54/h1-42,61H,43-45H2. The molecule has 0 heterocycles. The minimum atomic E-state index is -1.82. The molecule has 0 radical (unpaired) electrons. The quantitative estimate of drug-likeness (QED) is 0.0548. The molecule has 0 aliphatic carbocycles. The first-order chi connectivity index (χ1) is 30.2. The van der Waals surface area contributed by atoms with Crippen molar-refractivity contribution in [3.8, 4) is 0 Å². The average molecular weight is 855 g/mol. The summed E-state index contributed by atoms with van der Waals surface area (Å²) < 4.78 is 0. The van der Waals surface area contributed by atoms with E-state index in [1.165, 1.54) is 64.1 Å². The smallest absolute Gasteiger partial charge is 0.0622 e. The van der Waals surface area contributed by atoms with Crippen LogP contribution in [0.25, 0.3) is 0 Å². The highest BCUT2D eigenvalue weighted by molar-refractivity contribution is 7.73. The molecule has 0 fully saturated rings. The third kappa shape index (κ3) is 10.3. The molecule has 0 aliphatic heterocycles. The lowest BCUT2D eigenvalue weighted by molar-refractivity contribution is 1.40. The van der Waals surface area contributed by atoms with E-state index in [9.17, 15) is 0 Å². The van der Waals surface area contributed by atoms with Crippen molar-refractivity contribution in [1.82, 2.24) is 0 Å². The molecule has 0 amide bonds. The summed E-state index contributed by atoms with van der Waals surface area (Å²) in [5.41, 5.74) is 4.18. The van der Waals surface area contributed by atoms with Crippen molar-refractivity contribution in [3.63, 3.8) is 0 Å². The van der Waals surface area contributed by atoms with Gasteiger partial charge in [0.15, 0.2) is 0 Å². The van der Waals surface area contributed by atoms with Gasteiger partial charge in [0.25, 0.3) is 0 Å². The predicted octanol–water partition coefficient (Wildman–Crippen LogP) is 9.83. The molecule has 296 valence electrons. The molecule has 61 heavy (non-hydrogen) atoms. The first-order valence-electron chi connectivity index (χ1n) is 21.1. The summed E-state index contributed by atoms with van der Waals surface area (Å²) >= 11 is 0. The molecular formula is C57H49P3Si. The highest BCUT2D eigenvalue weighted by Crippen LogP contribution is 2.40. The van der Waals surface area contributed by atoms with E-state index in [0.29, 0.717) is 0 Å². The summed E-state index contributed by atoms with van der Waals surface area (Å²) in [6, 6.07) is 95.7. The van der Waals surface area contributed by atoms with Crippen molar-refractivity contribution in [2.24, 2.45) is 0 Å². The molecule has 0 bridgehead atoms. The Labute approximate surface area is 367 Å². The van der Waals surface area contributed by atoms with E-state index in [0.717, 1.165) is 18.5 Å². The van der Waals surface area contributed by atoms with E-state index in [2.05, 4.69) is 255 Å². The molecule has 0 nitrogen and oxygen atoms in total. The first-order valence-corrected chi connectivity index (χ1v) is 27.5. The molecule has 9 rings (SSSR count). The van der Waals surface area contributed by atoms with Gasteiger partial charge in [-0.15, -0.1) is 0 Å². The summed E-state index contributed by atoms with van der Waals surface area (Å²) in [6.45, 7) is 0. The van der Waals surface area contributed by atoms with Crippen molar-refractivity contribution < 1.29 is 0 Å². The van der Waals surface area contributed by atoms with E-state index in [-0.39, 0.29) is 0 Å². The maximum absolute atomic E-state index is 2.45. The van der Waals surface area contributed by atoms with Crippen LogP contribution >= 0.6 is 23.8 Å². The lowest BCUT2D eigenvalue weighted by atomic mass is 10.2. The van der Waals surface area contributed by atoms with E-state index in [1.54, 1.807) is 0 Å². The van der Waals surface area contributed by atoms with Gasteiger partial charge in [-0.25, -0.2) is 0 Å². The van der Waals surface area contributed by atoms with Gasteiger partial charge >= 0.3 is 0 Å². The van der Waals surface area contributed by atoms with Crippen LogP contribution in [0.5, 0.6) is 0 Å².